The number of hydrogen-bond acceptors (Lipinski definition) is 9. The molecule has 0 spiro atoms. The maximum absolute atomic E-state index is 11.6. The molecule has 0 bridgehead atoms. The molecule has 9 nitrogen and oxygen atoms in total. The molecule has 1 aliphatic heterocycles. The Balaban J connectivity index is 1.47. The second kappa shape index (κ2) is 8.09. The maximum Gasteiger partial charge on any atom is 0.238 e. The largest absolute Gasteiger partial charge is 0.324 e. The normalized spacial score (nSPS) is 15.5. The number of aromatic nitrogens is 3. The van der Waals surface area contributed by atoms with Crippen LogP contribution in [-0.2, 0) is 16.6 Å². The Hall–Kier alpha value is -2.70. The number of thiazole rings is 1. The smallest absolute Gasteiger partial charge is 0.238 e. The summed E-state index contributed by atoms with van der Waals surface area (Å²) in [6, 6.07) is 10.3. The van der Waals surface area contributed by atoms with Crippen LogP contribution in [0.5, 0.6) is 0 Å². The molecule has 0 amide bonds. The number of rotatable bonds is 5. The van der Waals surface area contributed by atoms with E-state index in [0.29, 0.717) is 11.6 Å². The number of nitrogens with two attached hydrogens (primary N) is 1. The molecule has 4 N–H and O–H groups in total. The van der Waals surface area contributed by atoms with Crippen LogP contribution in [0, 0.1) is 0 Å². The molecule has 2 aromatic heterocycles. The zero-order chi connectivity index (χ0) is 21.4. The van der Waals surface area contributed by atoms with Gasteiger partial charge >= 0.3 is 0 Å². The summed E-state index contributed by atoms with van der Waals surface area (Å²) in [7, 11) is -3.79. The van der Waals surface area contributed by atoms with Crippen molar-refractivity contribution >= 4 is 54.1 Å². The lowest BCUT2D eigenvalue weighted by molar-refractivity contribution is 0.233. The predicted octanol–water partition coefficient (Wildman–Crippen LogP) is 2.04. The van der Waals surface area contributed by atoms with E-state index in [1.54, 1.807) is 29.7 Å². The number of hydrogen-bond donors (Lipinski definition) is 3. The van der Waals surface area contributed by atoms with Gasteiger partial charge in [0.1, 0.15) is 16.0 Å². The van der Waals surface area contributed by atoms with Crippen molar-refractivity contribution in [2.75, 3.05) is 31.5 Å². The fourth-order valence-corrected chi connectivity index (χ4v) is 5.17. The molecule has 3 heterocycles. The van der Waals surface area contributed by atoms with E-state index in [1.165, 1.54) is 12.1 Å². The van der Waals surface area contributed by atoms with E-state index in [-0.39, 0.29) is 4.90 Å². The van der Waals surface area contributed by atoms with Crippen molar-refractivity contribution < 1.29 is 8.42 Å². The zero-order valence-corrected chi connectivity index (χ0v) is 18.2. The van der Waals surface area contributed by atoms with Gasteiger partial charge in [0.05, 0.1) is 16.1 Å². The average Bonchev–Trinajstić information content (AvgIpc) is 3.17. The molecule has 1 aliphatic rings. The minimum Gasteiger partial charge on any atom is -0.324 e. The molecule has 0 unspecified atom stereocenters. The highest BCUT2D eigenvalue weighted by atomic mass is 32.2. The molecule has 0 radical (unpaired) electrons. The Morgan fingerprint density at radius 3 is 2.77 bits per heavy atom. The van der Waals surface area contributed by atoms with Gasteiger partial charge < -0.3 is 10.6 Å². The van der Waals surface area contributed by atoms with Gasteiger partial charge in [0.15, 0.2) is 0 Å². The van der Waals surface area contributed by atoms with Crippen LogP contribution in [-0.4, -0.2) is 54.4 Å². The Bertz CT molecular complexity index is 1360. The van der Waals surface area contributed by atoms with Crippen LogP contribution in [0.4, 0.5) is 11.6 Å². The fourth-order valence-electron chi connectivity index (χ4n) is 3.60. The first kappa shape index (κ1) is 20.2. The average molecular weight is 456 g/mol. The first-order valence-electron chi connectivity index (χ1n) is 9.84. The van der Waals surface area contributed by atoms with Crippen molar-refractivity contribution in [3.63, 3.8) is 0 Å². The SMILES string of the molecule is NS(=O)(=O)c1cccc(Nc2ncc3ccc4sc(CN5CCNCC5)nc4c3n2)c1. The number of anilines is 2. The summed E-state index contributed by atoms with van der Waals surface area (Å²) in [4.78, 5) is 16.3. The van der Waals surface area contributed by atoms with Gasteiger partial charge in [0.2, 0.25) is 16.0 Å². The number of fused-ring (bicyclic) bond motifs is 3. The third kappa shape index (κ3) is 4.36. The summed E-state index contributed by atoms with van der Waals surface area (Å²) >= 11 is 1.69. The Morgan fingerprint density at radius 1 is 1.13 bits per heavy atom. The summed E-state index contributed by atoms with van der Waals surface area (Å²) in [5.74, 6) is 0.364. The van der Waals surface area contributed by atoms with E-state index < -0.39 is 10.0 Å². The van der Waals surface area contributed by atoms with E-state index in [0.717, 1.165) is 58.9 Å². The number of sulfonamides is 1. The minimum atomic E-state index is -3.79. The van der Waals surface area contributed by atoms with E-state index >= 15 is 0 Å². The standard InChI is InChI=1S/C20H21N7O2S2/c21-31(28,29)15-3-1-2-14(10-15)24-20-23-11-13-4-5-16-19(18(13)26-20)25-17(30-16)12-27-8-6-22-7-9-27/h1-5,10-11,22H,6-9,12H2,(H2,21,28,29)(H,23,24,26). The molecule has 0 saturated carbocycles. The number of nitrogens with zero attached hydrogens (tertiary/aromatic N) is 4. The van der Waals surface area contributed by atoms with Crippen LogP contribution in [0.3, 0.4) is 0 Å². The highest BCUT2D eigenvalue weighted by Crippen LogP contribution is 2.29. The van der Waals surface area contributed by atoms with Gasteiger partial charge in [-0.3, -0.25) is 4.90 Å². The Morgan fingerprint density at radius 2 is 1.97 bits per heavy atom. The topological polar surface area (TPSA) is 126 Å². The number of primary sulfonamides is 1. The van der Waals surface area contributed by atoms with Crippen LogP contribution >= 0.6 is 11.3 Å². The van der Waals surface area contributed by atoms with Crippen molar-refractivity contribution in [2.24, 2.45) is 5.14 Å². The predicted molar refractivity (Wildman–Crippen MR) is 122 cm³/mol. The van der Waals surface area contributed by atoms with Crippen LogP contribution in [0.2, 0.25) is 0 Å². The van der Waals surface area contributed by atoms with Gasteiger partial charge in [0, 0.05) is 43.4 Å². The molecule has 5 rings (SSSR count). The van der Waals surface area contributed by atoms with Crippen LogP contribution in [0.15, 0.2) is 47.5 Å². The molecule has 0 aliphatic carbocycles. The molecular weight excluding hydrogens is 434 g/mol. The molecule has 160 valence electrons. The van der Waals surface area contributed by atoms with Crippen LogP contribution < -0.4 is 15.8 Å². The minimum absolute atomic E-state index is 0.0257. The lowest BCUT2D eigenvalue weighted by atomic mass is 10.2. The molecule has 31 heavy (non-hydrogen) atoms. The number of nitrogens with one attached hydrogen (secondary N) is 2. The highest BCUT2D eigenvalue weighted by molar-refractivity contribution is 7.89. The van der Waals surface area contributed by atoms with Gasteiger partial charge in [-0.2, -0.15) is 0 Å². The fraction of sp³-hybridized carbons (Fsp3) is 0.250. The van der Waals surface area contributed by atoms with Crippen LogP contribution in [0.25, 0.3) is 21.1 Å². The van der Waals surface area contributed by atoms with Crippen molar-refractivity contribution in [2.45, 2.75) is 11.4 Å². The summed E-state index contributed by atoms with van der Waals surface area (Å²) in [5.41, 5.74) is 2.16. The van der Waals surface area contributed by atoms with Crippen molar-refractivity contribution in [3.05, 3.63) is 47.6 Å². The molecule has 4 aromatic rings. The van der Waals surface area contributed by atoms with Gasteiger partial charge in [-0.15, -0.1) is 11.3 Å². The number of benzene rings is 2. The Labute approximate surface area is 183 Å². The third-order valence-corrected chi connectivity index (χ3v) is 7.06. The molecule has 1 fully saturated rings. The van der Waals surface area contributed by atoms with E-state index in [4.69, 9.17) is 10.1 Å². The summed E-state index contributed by atoms with van der Waals surface area (Å²) in [6.45, 7) is 4.87. The van der Waals surface area contributed by atoms with Crippen LogP contribution in [0.1, 0.15) is 5.01 Å². The summed E-state index contributed by atoms with van der Waals surface area (Å²) in [6.07, 6.45) is 1.74. The monoisotopic (exact) mass is 455 g/mol. The van der Waals surface area contributed by atoms with E-state index in [9.17, 15) is 8.42 Å². The first-order chi connectivity index (χ1) is 15.0. The molecule has 11 heteroatoms. The highest BCUT2D eigenvalue weighted by Gasteiger charge is 2.15. The lowest BCUT2D eigenvalue weighted by Gasteiger charge is -2.25. The van der Waals surface area contributed by atoms with E-state index in [2.05, 4.69) is 31.6 Å². The lowest BCUT2D eigenvalue weighted by Crippen LogP contribution is -2.42. The maximum atomic E-state index is 11.6. The van der Waals surface area contributed by atoms with Crippen molar-refractivity contribution in [3.8, 4) is 0 Å². The first-order valence-corrected chi connectivity index (χ1v) is 12.2. The number of piperazine rings is 1. The molecule has 0 atom stereocenters. The molecule has 1 saturated heterocycles. The Kier molecular flexibility index (Phi) is 5.28. The second-order valence-electron chi connectivity index (χ2n) is 7.38. The van der Waals surface area contributed by atoms with Gasteiger partial charge in [0.25, 0.3) is 0 Å². The molecular formula is C20H21N7O2S2. The van der Waals surface area contributed by atoms with Gasteiger partial charge in [-0.1, -0.05) is 6.07 Å². The summed E-state index contributed by atoms with van der Waals surface area (Å²) in [5, 5.41) is 13.6. The zero-order valence-electron chi connectivity index (χ0n) is 16.6. The second-order valence-corrected chi connectivity index (χ2v) is 10.1. The quantitative estimate of drug-likeness (QED) is 0.417. The van der Waals surface area contributed by atoms with Gasteiger partial charge in [-0.25, -0.2) is 28.5 Å². The summed E-state index contributed by atoms with van der Waals surface area (Å²) < 4.78 is 24.3. The van der Waals surface area contributed by atoms with E-state index in [1.807, 2.05) is 6.07 Å². The van der Waals surface area contributed by atoms with Gasteiger partial charge in [-0.05, 0) is 30.3 Å². The van der Waals surface area contributed by atoms with Crippen molar-refractivity contribution in [1.82, 2.24) is 25.2 Å². The third-order valence-electron chi connectivity index (χ3n) is 5.14. The van der Waals surface area contributed by atoms with Crippen molar-refractivity contribution in [1.29, 1.82) is 0 Å². The molecule has 2 aromatic carbocycles.